The molecule has 0 saturated heterocycles. The van der Waals surface area contributed by atoms with Crippen LogP contribution < -0.4 is 4.72 Å². The molecule has 0 unspecified atom stereocenters. The van der Waals surface area contributed by atoms with Crippen molar-refractivity contribution in [3.63, 3.8) is 0 Å². The third kappa shape index (κ3) is 3.74. The van der Waals surface area contributed by atoms with Gasteiger partial charge in [0, 0.05) is 0 Å². The second kappa shape index (κ2) is 5.85. The molecule has 1 aromatic rings. The van der Waals surface area contributed by atoms with Crippen molar-refractivity contribution in [2.75, 3.05) is 13.2 Å². The Bertz CT molecular complexity index is 578. The van der Waals surface area contributed by atoms with Crippen LogP contribution in [0.4, 0.5) is 0 Å². The SMILES string of the molecule is CC(CO)(CO)NS(=O)(=O)c1cc(C(=O)O)sc1Br. The first kappa shape index (κ1) is 16.5. The number of aliphatic hydroxyl groups excluding tert-OH is 2. The standard InChI is InChI=1S/C9H12BrNO6S2/c1-9(3-12,4-13)11-19(16,17)6-2-5(8(14)15)18-7(6)10/h2,11-13H,3-4H2,1H3,(H,14,15). The van der Waals surface area contributed by atoms with Gasteiger partial charge in [0.1, 0.15) is 9.77 Å². The fourth-order valence-electron chi connectivity index (χ4n) is 1.13. The maximum absolute atomic E-state index is 12.1. The molecule has 0 aromatic carbocycles. The number of rotatable bonds is 6. The van der Waals surface area contributed by atoms with Crippen LogP contribution in [0.15, 0.2) is 14.7 Å². The summed E-state index contributed by atoms with van der Waals surface area (Å²) < 4.78 is 26.4. The van der Waals surface area contributed by atoms with Crippen LogP contribution in [0, 0.1) is 0 Å². The Morgan fingerprint density at radius 2 is 2.00 bits per heavy atom. The number of carbonyl (C=O) groups is 1. The molecule has 7 nitrogen and oxygen atoms in total. The van der Waals surface area contributed by atoms with Gasteiger partial charge in [-0.15, -0.1) is 11.3 Å². The third-order valence-corrected chi connectivity index (χ3v) is 6.11. The van der Waals surface area contributed by atoms with Gasteiger partial charge in [0.25, 0.3) is 0 Å². The Labute approximate surface area is 122 Å². The quantitative estimate of drug-likeness (QED) is 0.565. The highest BCUT2D eigenvalue weighted by atomic mass is 79.9. The Hall–Kier alpha value is -0.520. The van der Waals surface area contributed by atoms with Crippen LogP contribution in [-0.4, -0.2) is 48.5 Å². The van der Waals surface area contributed by atoms with Crippen LogP contribution in [-0.2, 0) is 10.0 Å². The Kier molecular flexibility index (Phi) is 5.09. The zero-order chi connectivity index (χ0) is 14.8. The van der Waals surface area contributed by atoms with Gasteiger partial charge in [-0.2, -0.15) is 0 Å². The summed E-state index contributed by atoms with van der Waals surface area (Å²) in [6, 6.07) is 1.01. The van der Waals surface area contributed by atoms with E-state index < -0.39 is 34.7 Å². The average molecular weight is 374 g/mol. The van der Waals surface area contributed by atoms with Crippen molar-refractivity contribution >= 4 is 43.3 Å². The Morgan fingerprint density at radius 1 is 1.47 bits per heavy atom. The summed E-state index contributed by atoms with van der Waals surface area (Å²) in [6.07, 6.45) is 0. The van der Waals surface area contributed by atoms with Crippen molar-refractivity contribution in [2.45, 2.75) is 17.4 Å². The van der Waals surface area contributed by atoms with E-state index in [0.29, 0.717) is 0 Å². The molecule has 0 aliphatic heterocycles. The minimum Gasteiger partial charge on any atom is -0.477 e. The van der Waals surface area contributed by atoms with Crippen molar-refractivity contribution in [1.29, 1.82) is 0 Å². The number of aromatic carboxylic acids is 1. The first-order valence-electron chi connectivity index (χ1n) is 4.93. The van der Waals surface area contributed by atoms with Gasteiger partial charge in [-0.3, -0.25) is 0 Å². The lowest BCUT2D eigenvalue weighted by Crippen LogP contribution is -2.51. The van der Waals surface area contributed by atoms with Gasteiger partial charge in [-0.25, -0.2) is 17.9 Å². The smallest absolute Gasteiger partial charge is 0.345 e. The van der Waals surface area contributed by atoms with E-state index >= 15 is 0 Å². The summed E-state index contributed by atoms with van der Waals surface area (Å²) in [5.41, 5.74) is -1.43. The Morgan fingerprint density at radius 3 is 2.37 bits per heavy atom. The Balaban J connectivity index is 3.18. The van der Waals surface area contributed by atoms with Crippen LogP contribution in [0.2, 0.25) is 0 Å². The van der Waals surface area contributed by atoms with E-state index in [1.54, 1.807) is 0 Å². The third-order valence-electron chi connectivity index (χ3n) is 2.23. The summed E-state index contributed by atoms with van der Waals surface area (Å²) in [5, 5.41) is 26.9. The molecule has 0 amide bonds. The van der Waals surface area contributed by atoms with Crippen molar-refractivity contribution in [1.82, 2.24) is 4.72 Å². The van der Waals surface area contributed by atoms with E-state index in [1.165, 1.54) is 6.92 Å². The summed E-state index contributed by atoms with van der Waals surface area (Å²) >= 11 is 3.75. The van der Waals surface area contributed by atoms with Crippen molar-refractivity contribution in [2.24, 2.45) is 0 Å². The van der Waals surface area contributed by atoms with Gasteiger partial charge in [-0.05, 0) is 28.9 Å². The van der Waals surface area contributed by atoms with E-state index in [4.69, 9.17) is 15.3 Å². The fourth-order valence-corrected chi connectivity index (χ4v) is 4.93. The van der Waals surface area contributed by atoms with Gasteiger partial charge in [0.15, 0.2) is 0 Å². The topological polar surface area (TPSA) is 124 Å². The zero-order valence-electron chi connectivity index (χ0n) is 9.75. The van der Waals surface area contributed by atoms with Crippen LogP contribution >= 0.6 is 27.3 Å². The number of aliphatic hydroxyl groups is 2. The second-order valence-electron chi connectivity index (χ2n) is 4.04. The fraction of sp³-hybridized carbons (Fsp3) is 0.444. The first-order chi connectivity index (χ1) is 8.65. The lowest BCUT2D eigenvalue weighted by atomic mass is 10.1. The number of nitrogens with one attached hydrogen (secondary N) is 1. The highest BCUT2D eigenvalue weighted by Crippen LogP contribution is 2.32. The normalized spacial score (nSPS) is 12.6. The molecule has 0 aliphatic carbocycles. The molecule has 0 saturated carbocycles. The van der Waals surface area contributed by atoms with Crippen molar-refractivity contribution in [3.8, 4) is 0 Å². The average Bonchev–Trinajstić information content (AvgIpc) is 2.71. The molecule has 0 aliphatic rings. The number of halogens is 1. The molecule has 0 fully saturated rings. The minimum absolute atomic E-state index is 0.135. The molecule has 0 atom stereocenters. The maximum atomic E-state index is 12.1. The van der Waals surface area contributed by atoms with E-state index in [0.717, 1.165) is 17.4 Å². The highest BCUT2D eigenvalue weighted by Gasteiger charge is 2.32. The van der Waals surface area contributed by atoms with Crippen LogP contribution in [0.1, 0.15) is 16.6 Å². The van der Waals surface area contributed by atoms with Gasteiger partial charge in [-0.1, -0.05) is 0 Å². The van der Waals surface area contributed by atoms with Gasteiger partial charge in [0.05, 0.1) is 22.5 Å². The van der Waals surface area contributed by atoms with E-state index in [-0.39, 0.29) is 13.6 Å². The zero-order valence-corrected chi connectivity index (χ0v) is 13.0. The molecule has 0 spiro atoms. The maximum Gasteiger partial charge on any atom is 0.345 e. The first-order valence-corrected chi connectivity index (χ1v) is 8.03. The molecule has 1 aromatic heterocycles. The molecule has 1 heterocycles. The van der Waals surface area contributed by atoms with Crippen LogP contribution in [0.3, 0.4) is 0 Å². The molecule has 4 N–H and O–H groups in total. The van der Waals surface area contributed by atoms with Crippen LogP contribution in [0.5, 0.6) is 0 Å². The number of carboxylic acid groups (broad SMARTS) is 1. The molecule has 108 valence electrons. The predicted octanol–water partition coefficient (Wildman–Crippen LogP) is 0.230. The highest BCUT2D eigenvalue weighted by molar-refractivity contribution is 9.11. The number of carboxylic acids is 1. The summed E-state index contributed by atoms with van der Waals surface area (Å²) in [5.74, 6) is -1.24. The molecule has 0 bridgehead atoms. The van der Waals surface area contributed by atoms with Gasteiger partial charge >= 0.3 is 5.97 Å². The van der Waals surface area contributed by atoms with E-state index in [1.807, 2.05) is 0 Å². The van der Waals surface area contributed by atoms with Crippen LogP contribution in [0.25, 0.3) is 0 Å². The molecular weight excluding hydrogens is 362 g/mol. The van der Waals surface area contributed by atoms with Gasteiger partial charge in [0.2, 0.25) is 10.0 Å². The lowest BCUT2D eigenvalue weighted by Gasteiger charge is -2.25. The summed E-state index contributed by atoms with van der Waals surface area (Å²) in [6.45, 7) is 0.121. The number of hydrogen-bond donors (Lipinski definition) is 4. The number of sulfonamides is 1. The van der Waals surface area contributed by atoms with E-state index in [2.05, 4.69) is 20.7 Å². The second-order valence-corrected chi connectivity index (χ2v) is 8.06. The van der Waals surface area contributed by atoms with Gasteiger partial charge < -0.3 is 15.3 Å². The molecular formula is C9H12BrNO6S2. The monoisotopic (exact) mass is 373 g/mol. The number of thiophene rings is 1. The molecule has 10 heteroatoms. The summed E-state index contributed by atoms with van der Waals surface area (Å²) in [4.78, 5) is 10.4. The largest absolute Gasteiger partial charge is 0.477 e. The predicted molar refractivity (Wildman–Crippen MR) is 71.9 cm³/mol. The minimum atomic E-state index is -4.06. The number of hydrogen-bond acceptors (Lipinski definition) is 6. The van der Waals surface area contributed by atoms with Crippen molar-refractivity contribution < 1.29 is 28.5 Å². The lowest BCUT2D eigenvalue weighted by molar-refractivity contribution is 0.0702. The molecule has 1 rings (SSSR count). The summed E-state index contributed by atoms with van der Waals surface area (Å²) in [7, 11) is -4.06. The van der Waals surface area contributed by atoms with Crippen molar-refractivity contribution in [3.05, 3.63) is 14.7 Å². The molecule has 19 heavy (non-hydrogen) atoms. The van der Waals surface area contributed by atoms with E-state index in [9.17, 15) is 13.2 Å². The molecule has 0 radical (unpaired) electrons.